The van der Waals surface area contributed by atoms with Crippen molar-refractivity contribution in [3.8, 4) is 0 Å². The zero-order valence-electron chi connectivity index (χ0n) is 20.1. The molecule has 1 aliphatic carbocycles. The zero-order chi connectivity index (χ0) is 23.0. The van der Waals surface area contributed by atoms with Crippen molar-refractivity contribution in [3.05, 3.63) is 50.8 Å². The molecule has 0 spiro atoms. The van der Waals surface area contributed by atoms with Gasteiger partial charge in [-0.25, -0.2) is 8.75 Å². The van der Waals surface area contributed by atoms with Gasteiger partial charge in [0.1, 0.15) is 0 Å². The van der Waals surface area contributed by atoms with Gasteiger partial charge in [0.25, 0.3) is 0 Å². The van der Waals surface area contributed by atoms with Gasteiger partial charge in [-0.15, -0.1) is 0 Å². The molecule has 1 aliphatic rings. The molecule has 33 heavy (non-hydrogen) atoms. The first-order valence-electron chi connectivity index (χ1n) is 12.7. The van der Waals surface area contributed by atoms with E-state index < -0.39 is 0 Å². The number of para-hydroxylation sites is 1. The van der Waals surface area contributed by atoms with Crippen molar-refractivity contribution in [1.29, 1.82) is 0 Å². The maximum Gasteiger partial charge on any atom is 0.339 e. The van der Waals surface area contributed by atoms with Gasteiger partial charge in [-0.3, -0.25) is 14.5 Å². The summed E-state index contributed by atoms with van der Waals surface area (Å²) in [6.07, 6.45) is 10.7. The van der Waals surface area contributed by atoms with Crippen LogP contribution in [0, 0.1) is 0 Å². The molecule has 0 saturated heterocycles. The minimum Gasteiger partial charge on any atom is -0.384 e. The lowest BCUT2D eigenvalue weighted by Gasteiger charge is -2.21. The molecule has 0 radical (unpaired) electrons. The Bertz CT molecular complexity index is 1190. The number of benzene rings is 1. The standard InChI is InChI=1S/C26H37N5OS/c1-3-30-25(33-31(4-2)26(30)32)28-19-13-7-5-6-12-18-27-24-20-14-8-10-16-22(20)29-23-17-11-9-15-21(23)24/h8,10,14,16H,3-7,9,11-13,15,17-19H2,1-2H3,(H,27,29). The first kappa shape index (κ1) is 23.7. The second-order valence-electron chi connectivity index (χ2n) is 8.81. The van der Waals surface area contributed by atoms with E-state index in [4.69, 9.17) is 9.98 Å². The van der Waals surface area contributed by atoms with Crippen LogP contribution in [0.25, 0.3) is 10.9 Å². The Morgan fingerprint density at radius 2 is 1.82 bits per heavy atom. The Kier molecular flexibility index (Phi) is 8.37. The number of hydrogen-bond donors (Lipinski definition) is 1. The predicted octanol–water partition coefficient (Wildman–Crippen LogP) is 5.14. The normalized spacial score (nSPS) is 14.1. The third-order valence-electron chi connectivity index (χ3n) is 6.52. The van der Waals surface area contributed by atoms with E-state index in [0.717, 1.165) is 42.7 Å². The van der Waals surface area contributed by atoms with Crippen LogP contribution in [0.1, 0.15) is 70.1 Å². The van der Waals surface area contributed by atoms with Crippen LogP contribution in [-0.4, -0.2) is 26.6 Å². The number of nitrogens with one attached hydrogen (secondary N) is 1. The molecule has 1 N–H and O–H groups in total. The van der Waals surface area contributed by atoms with Crippen LogP contribution in [0.3, 0.4) is 0 Å². The molecule has 3 aromatic rings. The van der Waals surface area contributed by atoms with E-state index in [1.807, 2.05) is 13.8 Å². The van der Waals surface area contributed by atoms with E-state index in [9.17, 15) is 4.79 Å². The lowest BCUT2D eigenvalue weighted by Crippen LogP contribution is -2.28. The highest BCUT2D eigenvalue weighted by Gasteiger charge is 2.17. The second-order valence-corrected chi connectivity index (χ2v) is 9.80. The van der Waals surface area contributed by atoms with E-state index in [-0.39, 0.29) is 5.69 Å². The average Bonchev–Trinajstić information content (AvgIpc) is 3.16. The van der Waals surface area contributed by atoms with Crippen molar-refractivity contribution in [1.82, 2.24) is 13.5 Å². The summed E-state index contributed by atoms with van der Waals surface area (Å²) in [5, 5.41) is 5.04. The summed E-state index contributed by atoms with van der Waals surface area (Å²) in [5.74, 6) is 0. The van der Waals surface area contributed by atoms with Crippen LogP contribution < -0.4 is 15.8 Å². The highest BCUT2D eigenvalue weighted by molar-refractivity contribution is 7.03. The molecule has 0 amide bonds. The SMILES string of the molecule is CCn1sc(=NCCCCCCCNc2c3c(nc4ccccc24)CCCC3)n(CC)c1=O. The number of unbranched alkanes of at least 4 members (excludes halogenated alkanes) is 4. The lowest BCUT2D eigenvalue weighted by atomic mass is 9.92. The van der Waals surface area contributed by atoms with Gasteiger partial charge in [-0.05, 0) is 75.5 Å². The van der Waals surface area contributed by atoms with Crippen molar-refractivity contribution in [2.45, 2.75) is 84.7 Å². The number of fused-ring (bicyclic) bond motifs is 2. The fourth-order valence-electron chi connectivity index (χ4n) is 4.72. The number of hydrogen-bond acceptors (Lipinski definition) is 5. The largest absolute Gasteiger partial charge is 0.384 e. The monoisotopic (exact) mass is 467 g/mol. The van der Waals surface area contributed by atoms with Crippen molar-refractivity contribution < 1.29 is 0 Å². The predicted molar refractivity (Wildman–Crippen MR) is 138 cm³/mol. The van der Waals surface area contributed by atoms with Crippen LogP contribution >= 0.6 is 11.5 Å². The molecule has 0 atom stereocenters. The molecule has 4 rings (SSSR count). The highest BCUT2D eigenvalue weighted by atomic mass is 32.1. The average molecular weight is 468 g/mol. The van der Waals surface area contributed by atoms with E-state index in [2.05, 4.69) is 29.6 Å². The molecule has 7 heteroatoms. The molecule has 0 fully saturated rings. The summed E-state index contributed by atoms with van der Waals surface area (Å²) in [6.45, 7) is 7.22. The summed E-state index contributed by atoms with van der Waals surface area (Å²) in [6, 6.07) is 8.55. The van der Waals surface area contributed by atoms with E-state index in [1.54, 1.807) is 8.52 Å². The van der Waals surface area contributed by atoms with Gasteiger partial charge in [0, 0.05) is 42.9 Å². The van der Waals surface area contributed by atoms with E-state index in [1.165, 1.54) is 72.4 Å². The van der Waals surface area contributed by atoms with Gasteiger partial charge < -0.3 is 5.32 Å². The quantitative estimate of drug-likeness (QED) is 0.397. The van der Waals surface area contributed by atoms with Crippen LogP contribution in [0.5, 0.6) is 0 Å². The van der Waals surface area contributed by atoms with Gasteiger partial charge in [0.15, 0.2) is 0 Å². The van der Waals surface area contributed by atoms with Gasteiger partial charge in [0.2, 0.25) is 4.80 Å². The lowest BCUT2D eigenvalue weighted by molar-refractivity contribution is 0.615. The summed E-state index contributed by atoms with van der Waals surface area (Å²) in [4.78, 5) is 22.7. The maximum absolute atomic E-state index is 12.2. The Morgan fingerprint density at radius 3 is 2.67 bits per heavy atom. The summed E-state index contributed by atoms with van der Waals surface area (Å²) < 4.78 is 3.56. The van der Waals surface area contributed by atoms with Crippen molar-refractivity contribution in [3.63, 3.8) is 0 Å². The Balaban J connectivity index is 1.23. The second kappa shape index (κ2) is 11.6. The molecule has 1 aromatic carbocycles. The Hall–Kier alpha value is -2.41. The molecule has 178 valence electrons. The molecular weight excluding hydrogens is 430 g/mol. The summed E-state index contributed by atoms with van der Waals surface area (Å²) in [7, 11) is 0. The fourth-order valence-corrected chi connectivity index (χ4v) is 5.68. The summed E-state index contributed by atoms with van der Waals surface area (Å²) >= 11 is 1.48. The number of pyridine rings is 1. The van der Waals surface area contributed by atoms with Crippen molar-refractivity contribution in [2.24, 2.45) is 4.99 Å². The zero-order valence-corrected chi connectivity index (χ0v) is 20.9. The van der Waals surface area contributed by atoms with Crippen molar-refractivity contribution in [2.75, 3.05) is 18.4 Å². The van der Waals surface area contributed by atoms with Crippen molar-refractivity contribution >= 4 is 28.1 Å². The van der Waals surface area contributed by atoms with Gasteiger partial charge in [0.05, 0.1) is 5.52 Å². The van der Waals surface area contributed by atoms with E-state index in [0.29, 0.717) is 13.1 Å². The Labute approximate surface area is 200 Å². The number of anilines is 1. The van der Waals surface area contributed by atoms with Crippen LogP contribution in [0.15, 0.2) is 34.1 Å². The topological polar surface area (TPSA) is 64.2 Å². The van der Waals surface area contributed by atoms with Crippen LogP contribution in [0.2, 0.25) is 0 Å². The number of aromatic nitrogens is 3. The third-order valence-corrected chi connectivity index (χ3v) is 7.67. The van der Waals surface area contributed by atoms with Crippen LogP contribution in [0.4, 0.5) is 5.69 Å². The minimum atomic E-state index is 0.0690. The number of nitrogens with zero attached hydrogens (tertiary/aromatic N) is 4. The van der Waals surface area contributed by atoms with Crippen LogP contribution in [-0.2, 0) is 25.9 Å². The highest BCUT2D eigenvalue weighted by Crippen LogP contribution is 2.33. The van der Waals surface area contributed by atoms with Gasteiger partial charge in [-0.2, -0.15) is 0 Å². The molecule has 0 bridgehead atoms. The van der Waals surface area contributed by atoms with E-state index >= 15 is 0 Å². The first-order valence-corrected chi connectivity index (χ1v) is 13.5. The Morgan fingerprint density at radius 1 is 1.03 bits per heavy atom. The molecule has 0 saturated carbocycles. The minimum absolute atomic E-state index is 0.0690. The van der Waals surface area contributed by atoms with Gasteiger partial charge in [-0.1, -0.05) is 37.5 Å². The smallest absolute Gasteiger partial charge is 0.339 e. The maximum atomic E-state index is 12.2. The summed E-state index contributed by atoms with van der Waals surface area (Å²) in [5.41, 5.74) is 5.27. The molecule has 2 heterocycles. The first-order chi connectivity index (χ1) is 16.2. The molecular formula is C26H37N5OS. The fraction of sp³-hybridized carbons (Fsp3) is 0.577. The third kappa shape index (κ3) is 5.57. The van der Waals surface area contributed by atoms with Gasteiger partial charge >= 0.3 is 5.69 Å². The molecule has 2 aromatic heterocycles. The number of rotatable bonds is 11. The molecule has 0 unspecified atom stereocenters. The molecule has 0 aliphatic heterocycles. The molecule has 6 nitrogen and oxygen atoms in total. The number of aryl methyl sites for hydroxylation is 2.